The summed E-state index contributed by atoms with van der Waals surface area (Å²) in [6, 6.07) is 3.79. The van der Waals surface area contributed by atoms with Gasteiger partial charge in [0.1, 0.15) is 5.82 Å². The number of ether oxygens (including phenoxy) is 1. The Bertz CT molecular complexity index is 439. The lowest BCUT2D eigenvalue weighted by atomic mass is 10.0. The normalized spacial score (nSPS) is 20.5. The van der Waals surface area contributed by atoms with Crippen molar-refractivity contribution < 1.29 is 4.74 Å². The Morgan fingerprint density at radius 1 is 1.44 bits per heavy atom. The molecule has 0 aromatic carbocycles. The minimum atomic E-state index is 0.541. The number of hydrogen-bond acceptors (Lipinski definition) is 4. The van der Waals surface area contributed by atoms with Crippen molar-refractivity contribution in [2.45, 2.75) is 32.6 Å². The second kappa shape index (κ2) is 4.34. The molecule has 2 fully saturated rings. The molecule has 0 atom stereocenters. The molecule has 2 aliphatic rings. The summed E-state index contributed by atoms with van der Waals surface area (Å²) >= 11 is 0. The van der Waals surface area contributed by atoms with Crippen LogP contribution in [0.2, 0.25) is 0 Å². The fraction of sp³-hybridized carbons (Fsp3) is 0.643. The van der Waals surface area contributed by atoms with Gasteiger partial charge in [-0.25, -0.2) is 0 Å². The van der Waals surface area contributed by atoms with E-state index in [4.69, 9.17) is 10.5 Å². The van der Waals surface area contributed by atoms with Crippen molar-refractivity contribution in [2.75, 3.05) is 24.2 Å². The molecule has 0 amide bonds. The third kappa shape index (κ3) is 2.24. The van der Waals surface area contributed by atoms with E-state index in [1.54, 1.807) is 0 Å². The Labute approximate surface area is 108 Å². The van der Waals surface area contributed by atoms with Crippen LogP contribution in [0.1, 0.15) is 32.6 Å². The quantitative estimate of drug-likeness (QED) is 0.811. The molecule has 2 saturated carbocycles. The minimum absolute atomic E-state index is 0.541. The van der Waals surface area contributed by atoms with Crippen LogP contribution in [-0.4, -0.2) is 18.1 Å². The zero-order chi connectivity index (χ0) is 12.6. The molecule has 1 aromatic rings. The summed E-state index contributed by atoms with van der Waals surface area (Å²) in [6.45, 7) is 3.57. The summed E-state index contributed by atoms with van der Waals surface area (Å²) in [5.74, 6) is 2.38. The van der Waals surface area contributed by atoms with Gasteiger partial charge in [-0.2, -0.15) is 4.98 Å². The molecule has 2 aliphatic carbocycles. The molecule has 0 unspecified atom stereocenters. The van der Waals surface area contributed by atoms with E-state index in [1.165, 1.54) is 25.7 Å². The molecular formula is C14H21N3O. The fourth-order valence-corrected chi connectivity index (χ4v) is 2.65. The van der Waals surface area contributed by atoms with Crippen molar-refractivity contribution in [3.05, 3.63) is 12.1 Å². The number of nitrogen functional groups attached to an aromatic ring is 1. The predicted molar refractivity (Wildman–Crippen MR) is 72.7 cm³/mol. The van der Waals surface area contributed by atoms with E-state index >= 15 is 0 Å². The van der Waals surface area contributed by atoms with Crippen molar-refractivity contribution in [3.63, 3.8) is 0 Å². The molecule has 4 nitrogen and oxygen atoms in total. The first-order chi connectivity index (χ1) is 8.73. The highest BCUT2D eigenvalue weighted by atomic mass is 16.5. The lowest BCUT2D eigenvalue weighted by Gasteiger charge is -2.16. The number of pyridine rings is 1. The molecule has 0 saturated heterocycles. The highest BCUT2D eigenvalue weighted by Gasteiger charge is 2.53. The maximum absolute atomic E-state index is 5.81. The fourth-order valence-electron chi connectivity index (χ4n) is 2.65. The molecular weight excluding hydrogens is 226 g/mol. The molecule has 0 spiro atoms. The van der Waals surface area contributed by atoms with Crippen LogP contribution in [0.3, 0.4) is 0 Å². The molecule has 0 bridgehead atoms. The molecule has 3 rings (SSSR count). The summed E-state index contributed by atoms with van der Waals surface area (Å²) in [7, 11) is 0. The zero-order valence-electron chi connectivity index (χ0n) is 10.9. The average molecular weight is 247 g/mol. The predicted octanol–water partition coefficient (Wildman–Crippen LogP) is 2.66. The second-order valence-corrected chi connectivity index (χ2v) is 5.51. The van der Waals surface area contributed by atoms with Crippen molar-refractivity contribution >= 4 is 11.5 Å². The average Bonchev–Trinajstić information content (AvgIpc) is 3.24. The maximum Gasteiger partial charge on any atom is 0.239 e. The van der Waals surface area contributed by atoms with Crippen LogP contribution >= 0.6 is 0 Å². The molecule has 0 aliphatic heterocycles. The third-order valence-corrected chi connectivity index (χ3v) is 4.13. The van der Waals surface area contributed by atoms with Gasteiger partial charge in [0.25, 0.3) is 0 Å². The van der Waals surface area contributed by atoms with Crippen molar-refractivity contribution in [1.82, 2.24) is 4.98 Å². The van der Waals surface area contributed by atoms with Crippen LogP contribution in [0.15, 0.2) is 12.1 Å². The molecule has 1 aromatic heterocycles. The van der Waals surface area contributed by atoms with Crippen LogP contribution < -0.4 is 15.8 Å². The largest absolute Gasteiger partial charge is 0.476 e. The number of nitrogens with one attached hydrogen (secondary N) is 1. The van der Waals surface area contributed by atoms with Crippen molar-refractivity contribution in [1.29, 1.82) is 0 Å². The zero-order valence-corrected chi connectivity index (χ0v) is 10.9. The summed E-state index contributed by atoms with van der Waals surface area (Å²) in [5, 5.41) is 3.45. The van der Waals surface area contributed by atoms with Crippen LogP contribution in [0.25, 0.3) is 0 Å². The van der Waals surface area contributed by atoms with Gasteiger partial charge in [-0.1, -0.05) is 0 Å². The third-order valence-electron chi connectivity index (χ3n) is 4.13. The van der Waals surface area contributed by atoms with Gasteiger partial charge in [0.2, 0.25) is 5.88 Å². The lowest BCUT2D eigenvalue weighted by molar-refractivity contribution is 0.329. The van der Waals surface area contributed by atoms with Crippen LogP contribution in [-0.2, 0) is 0 Å². The topological polar surface area (TPSA) is 60.2 Å². The Kier molecular flexibility index (Phi) is 2.80. The van der Waals surface area contributed by atoms with Gasteiger partial charge >= 0.3 is 0 Å². The smallest absolute Gasteiger partial charge is 0.239 e. The molecule has 98 valence electrons. The van der Waals surface area contributed by atoms with Crippen LogP contribution in [0, 0.1) is 11.3 Å². The first-order valence-corrected chi connectivity index (χ1v) is 6.87. The van der Waals surface area contributed by atoms with Gasteiger partial charge in [0.05, 0.1) is 12.3 Å². The van der Waals surface area contributed by atoms with Gasteiger partial charge in [0.15, 0.2) is 0 Å². The number of aromatic nitrogens is 1. The summed E-state index contributed by atoms with van der Waals surface area (Å²) < 4.78 is 5.41. The summed E-state index contributed by atoms with van der Waals surface area (Å²) in [5.41, 5.74) is 6.99. The minimum Gasteiger partial charge on any atom is -0.476 e. The highest BCUT2D eigenvalue weighted by Crippen LogP contribution is 2.61. The van der Waals surface area contributed by atoms with Gasteiger partial charge in [0, 0.05) is 6.54 Å². The molecule has 4 heteroatoms. The van der Waals surface area contributed by atoms with Crippen molar-refractivity contribution in [3.8, 4) is 5.88 Å². The Balaban J connectivity index is 1.63. The second-order valence-electron chi connectivity index (χ2n) is 5.51. The first kappa shape index (κ1) is 11.6. The van der Waals surface area contributed by atoms with E-state index in [0.29, 0.717) is 23.6 Å². The Hall–Kier alpha value is -1.45. The first-order valence-electron chi connectivity index (χ1n) is 6.87. The van der Waals surface area contributed by atoms with E-state index in [1.807, 2.05) is 19.1 Å². The number of hydrogen-bond donors (Lipinski definition) is 2. The number of anilines is 2. The summed E-state index contributed by atoms with van der Waals surface area (Å²) in [6.07, 6.45) is 5.58. The van der Waals surface area contributed by atoms with Gasteiger partial charge in [-0.15, -0.1) is 0 Å². The SMILES string of the molecule is CCOc1nc(NCC2(C3CC3)CC2)ccc1N. The number of nitrogens with two attached hydrogens (primary N) is 1. The van der Waals surface area contributed by atoms with Crippen LogP contribution in [0.4, 0.5) is 11.5 Å². The highest BCUT2D eigenvalue weighted by molar-refractivity contribution is 5.53. The number of rotatable bonds is 6. The van der Waals surface area contributed by atoms with E-state index in [0.717, 1.165) is 18.3 Å². The van der Waals surface area contributed by atoms with Crippen molar-refractivity contribution in [2.24, 2.45) is 11.3 Å². The van der Waals surface area contributed by atoms with E-state index in [2.05, 4.69) is 10.3 Å². The van der Waals surface area contributed by atoms with E-state index in [9.17, 15) is 0 Å². The van der Waals surface area contributed by atoms with Gasteiger partial charge in [-0.05, 0) is 56.1 Å². The Morgan fingerprint density at radius 2 is 2.22 bits per heavy atom. The monoisotopic (exact) mass is 247 g/mol. The molecule has 18 heavy (non-hydrogen) atoms. The lowest BCUT2D eigenvalue weighted by Crippen LogP contribution is -2.18. The maximum atomic E-state index is 5.81. The van der Waals surface area contributed by atoms with Crippen LogP contribution in [0.5, 0.6) is 5.88 Å². The summed E-state index contributed by atoms with van der Waals surface area (Å²) in [4.78, 5) is 4.41. The number of nitrogens with zero attached hydrogens (tertiary/aromatic N) is 1. The van der Waals surface area contributed by atoms with Gasteiger partial charge < -0.3 is 15.8 Å². The molecule has 0 radical (unpaired) electrons. The molecule has 3 N–H and O–H groups in total. The van der Waals surface area contributed by atoms with E-state index in [-0.39, 0.29) is 0 Å². The molecule has 1 heterocycles. The van der Waals surface area contributed by atoms with Gasteiger partial charge in [-0.3, -0.25) is 0 Å². The van der Waals surface area contributed by atoms with E-state index < -0.39 is 0 Å². The Morgan fingerprint density at radius 3 is 2.83 bits per heavy atom. The standard InChI is InChI=1S/C14H21N3O/c1-2-18-13-11(15)5-6-12(17-13)16-9-14(7-8-14)10-3-4-10/h5-6,10H,2-4,7-9,15H2,1H3,(H,16,17).